The molecule has 1 N–H and O–H groups in total. The topological polar surface area (TPSA) is 30.5 Å². The van der Waals surface area contributed by atoms with Crippen molar-refractivity contribution in [3.05, 3.63) is 35.4 Å². The number of ether oxygens (including phenoxy) is 2. The molecule has 90 valence electrons. The Morgan fingerprint density at radius 2 is 2.00 bits per heavy atom. The Bertz CT molecular complexity index is 359. The molecule has 0 saturated carbocycles. The third kappa shape index (κ3) is 1.64. The van der Waals surface area contributed by atoms with Gasteiger partial charge < -0.3 is 14.8 Å². The lowest BCUT2D eigenvalue weighted by Crippen LogP contribution is -2.52. The summed E-state index contributed by atoms with van der Waals surface area (Å²) in [6.45, 7) is 0.763. The van der Waals surface area contributed by atoms with Gasteiger partial charge in [0.1, 0.15) is 11.7 Å². The Morgan fingerprint density at radius 1 is 1.31 bits per heavy atom. The van der Waals surface area contributed by atoms with Gasteiger partial charge in [0, 0.05) is 20.8 Å². The van der Waals surface area contributed by atoms with Crippen molar-refractivity contribution >= 4 is 12.4 Å². The Hall–Kier alpha value is -0.610. The molecule has 0 heterocycles. The van der Waals surface area contributed by atoms with E-state index in [9.17, 15) is 0 Å². The van der Waals surface area contributed by atoms with Crippen LogP contribution in [0.1, 0.15) is 17.2 Å². The second-order valence-electron chi connectivity index (χ2n) is 3.83. The van der Waals surface area contributed by atoms with E-state index in [-0.39, 0.29) is 24.1 Å². The highest BCUT2D eigenvalue weighted by molar-refractivity contribution is 5.85. The summed E-state index contributed by atoms with van der Waals surface area (Å²) >= 11 is 0. The predicted molar refractivity (Wildman–Crippen MR) is 66.1 cm³/mol. The number of fused-ring (bicyclic) bond motifs is 1. The minimum atomic E-state index is -0.319. The first-order valence-corrected chi connectivity index (χ1v) is 5.12. The number of rotatable bonds is 4. The van der Waals surface area contributed by atoms with Crippen LogP contribution in [0, 0.1) is 0 Å². The van der Waals surface area contributed by atoms with Gasteiger partial charge in [0.15, 0.2) is 0 Å². The third-order valence-corrected chi connectivity index (χ3v) is 3.16. The van der Waals surface area contributed by atoms with Crippen molar-refractivity contribution in [3.8, 4) is 0 Å². The van der Waals surface area contributed by atoms with Crippen LogP contribution in [0.25, 0.3) is 0 Å². The number of hydrogen-bond acceptors (Lipinski definition) is 3. The molecule has 16 heavy (non-hydrogen) atoms. The summed E-state index contributed by atoms with van der Waals surface area (Å²) in [6.07, 6.45) is 0.0335. The van der Waals surface area contributed by atoms with Gasteiger partial charge in [-0.2, -0.15) is 0 Å². The van der Waals surface area contributed by atoms with Gasteiger partial charge >= 0.3 is 0 Å². The van der Waals surface area contributed by atoms with Crippen molar-refractivity contribution in [2.45, 2.75) is 11.7 Å². The molecule has 0 aromatic heterocycles. The number of nitrogens with one attached hydrogen (secondary N) is 1. The fourth-order valence-corrected chi connectivity index (χ4v) is 2.48. The Balaban J connectivity index is 0.00000128. The van der Waals surface area contributed by atoms with Gasteiger partial charge in [0.25, 0.3) is 0 Å². The molecule has 2 unspecified atom stereocenters. The summed E-state index contributed by atoms with van der Waals surface area (Å²) < 4.78 is 11.2. The molecule has 1 aromatic rings. The minimum Gasteiger partial charge on any atom is -0.373 e. The first-order chi connectivity index (χ1) is 7.30. The fourth-order valence-electron chi connectivity index (χ4n) is 2.48. The second kappa shape index (κ2) is 5.15. The molecule has 1 aromatic carbocycles. The molecule has 0 bridgehead atoms. The third-order valence-electron chi connectivity index (χ3n) is 3.16. The molecule has 3 nitrogen and oxygen atoms in total. The normalized spacial score (nSPS) is 26.6. The largest absolute Gasteiger partial charge is 0.373 e. The first kappa shape index (κ1) is 13.5. The Morgan fingerprint density at radius 3 is 2.56 bits per heavy atom. The summed E-state index contributed by atoms with van der Waals surface area (Å²) in [5.74, 6) is 0. The molecule has 1 aliphatic rings. The van der Waals surface area contributed by atoms with Crippen LogP contribution in [0.4, 0.5) is 0 Å². The number of likely N-dealkylation sites (N-methyl/N-ethyl adjacent to an activating group) is 1. The fraction of sp³-hybridized carbons (Fsp3) is 0.500. The first-order valence-electron chi connectivity index (χ1n) is 5.12. The summed E-state index contributed by atoms with van der Waals surface area (Å²) in [5, 5.41) is 3.16. The van der Waals surface area contributed by atoms with E-state index in [4.69, 9.17) is 9.47 Å². The molecule has 0 fully saturated rings. The Kier molecular flexibility index (Phi) is 4.33. The smallest absolute Gasteiger partial charge is 0.136 e. The molecule has 0 spiro atoms. The van der Waals surface area contributed by atoms with Gasteiger partial charge in [-0.25, -0.2) is 0 Å². The summed E-state index contributed by atoms with van der Waals surface area (Å²) in [4.78, 5) is 0. The molecular formula is C12H18ClNO2. The van der Waals surface area contributed by atoms with Crippen molar-refractivity contribution in [2.24, 2.45) is 0 Å². The van der Waals surface area contributed by atoms with E-state index in [1.165, 1.54) is 11.1 Å². The van der Waals surface area contributed by atoms with Crippen LogP contribution in [0.15, 0.2) is 24.3 Å². The molecule has 4 heteroatoms. The second-order valence-corrected chi connectivity index (χ2v) is 3.83. The number of methoxy groups -OCH3 is 2. The van der Waals surface area contributed by atoms with Crippen molar-refractivity contribution in [2.75, 3.05) is 27.8 Å². The standard InChI is InChI=1S/C12H17NO2.ClH/c1-13-8-12(15-3)10-7-5-4-6-9(10)11(12)14-2;/h4-7,11,13H,8H2,1-3H3;1H. The molecular weight excluding hydrogens is 226 g/mol. The number of benzene rings is 1. The number of halogens is 1. The molecule has 2 rings (SSSR count). The highest BCUT2D eigenvalue weighted by Gasteiger charge is 2.52. The lowest BCUT2D eigenvalue weighted by molar-refractivity contribution is -0.150. The highest BCUT2D eigenvalue weighted by Crippen LogP contribution is 2.51. The van der Waals surface area contributed by atoms with E-state index in [0.29, 0.717) is 0 Å². The van der Waals surface area contributed by atoms with E-state index in [1.54, 1.807) is 14.2 Å². The lowest BCUT2D eigenvalue weighted by atomic mass is 9.70. The lowest BCUT2D eigenvalue weighted by Gasteiger charge is -2.49. The monoisotopic (exact) mass is 243 g/mol. The van der Waals surface area contributed by atoms with E-state index in [1.807, 2.05) is 19.2 Å². The van der Waals surface area contributed by atoms with Crippen LogP contribution in [-0.4, -0.2) is 27.8 Å². The van der Waals surface area contributed by atoms with E-state index in [2.05, 4.69) is 17.4 Å². The van der Waals surface area contributed by atoms with Gasteiger partial charge in [-0.05, 0) is 18.2 Å². The maximum atomic E-state index is 5.66. The van der Waals surface area contributed by atoms with Crippen LogP contribution in [-0.2, 0) is 15.1 Å². The minimum absolute atomic E-state index is 0. The van der Waals surface area contributed by atoms with Gasteiger partial charge in [0.2, 0.25) is 0 Å². The van der Waals surface area contributed by atoms with Crippen LogP contribution < -0.4 is 5.32 Å². The number of hydrogen-bond donors (Lipinski definition) is 1. The zero-order valence-electron chi connectivity index (χ0n) is 9.82. The van der Waals surface area contributed by atoms with Crippen LogP contribution in [0.2, 0.25) is 0 Å². The SMILES string of the molecule is CNCC1(OC)c2ccccc2C1OC.Cl. The van der Waals surface area contributed by atoms with Crippen molar-refractivity contribution in [1.82, 2.24) is 5.32 Å². The summed E-state index contributed by atoms with van der Waals surface area (Å²) in [5.41, 5.74) is 2.14. The molecule has 2 atom stereocenters. The van der Waals surface area contributed by atoms with Crippen molar-refractivity contribution in [3.63, 3.8) is 0 Å². The molecule has 0 amide bonds. The predicted octanol–water partition coefficient (Wildman–Crippen LogP) is 1.87. The van der Waals surface area contributed by atoms with E-state index >= 15 is 0 Å². The van der Waals surface area contributed by atoms with Crippen molar-refractivity contribution in [1.29, 1.82) is 0 Å². The molecule has 0 radical (unpaired) electrons. The van der Waals surface area contributed by atoms with Gasteiger partial charge in [-0.1, -0.05) is 24.3 Å². The zero-order valence-corrected chi connectivity index (χ0v) is 10.6. The molecule has 1 aliphatic carbocycles. The average Bonchev–Trinajstić information content (AvgIpc) is 2.27. The van der Waals surface area contributed by atoms with Gasteiger partial charge in [-0.15, -0.1) is 12.4 Å². The van der Waals surface area contributed by atoms with E-state index < -0.39 is 0 Å². The van der Waals surface area contributed by atoms with Gasteiger partial charge in [-0.3, -0.25) is 0 Å². The quantitative estimate of drug-likeness (QED) is 0.876. The van der Waals surface area contributed by atoms with Crippen molar-refractivity contribution < 1.29 is 9.47 Å². The highest BCUT2D eigenvalue weighted by atomic mass is 35.5. The van der Waals surface area contributed by atoms with Crippen LogP contribution in [0.3, 0.4) is 0 Å². The van der Waals surface area contributed by atoms with Crippen LogP contribution >= 0.6 is 12.4 Å². The summed E-state index contributed by atoms with van der Waals surface area (Å²) in [7, 11) is 5.39. The average molecular weight is 244 g/mol. The maximum Gasteiger partial charge on any atom is 0.136 e. The maximum absolute atomic E-state index is 5.66. The van der Waals surface area contributed by atoms with E-state index in [0.717, 1.165) is 6.54 Å². The molecule has 0 saturated heterocycles. The summed E-state index contributed by atoms with van der Waals surface area (Å²) in [6, 6.07) is 8.26. The zero-order chi connectivity index (χ0) is 10.9. The Labute approximate surface area is 103 Å². The van der Waals surface area contributed by atoms with Crippen LogP contribution in [0.5, 0.6) is 0 Å². The molecule has 0 aliphatic heterocycles. The van der Waals surface area contributed by atoms with Gasteiger partial charge in [0.05, 0.1) is 0 Å².